The first kappa shape index (κ1) is 14.7. The van der Waals surface area contributed by atoms with Crippen molar-refractivity contribution in [3.8, 4) is 0 Å². The van der Waals surface area contributed by atoms with E-state index in [9.17, 15) is 18.0 Å². The average molecular weight is 299 g/mol. The Bertz CT molecular complexity index is 653. The van der Waals surface area contributed by atoms with Gasteiger partial charge in [-0.05, 0) is 25.0 Å². The largest absolute Gasteiger partial charge is 0.327 e. The fourth-order valence-electron chi connectivity index (χ4n) is 2.21. The van der Waals surface area contributed by atoms with Crippen LogP contribution in [0.5, 0.6) is 0 Å². The molecule has 0 radical (unpaired) electrons. The molecule has 1 fully saturated rings. The third kappa shape index (κ3) is 3.45. The topological polar surface area (TPSA) is 99.3 Å². The summed E-state index contributed by atoms with van der Waals surface area (Å²) in [6.45, 7) is 0.601. The zero-order chi connectivity index (χ0) is 14.8. The maximum Gasteiger partial charge on any atom is 0.271 e. The SMILES string of the molecule is CS(=O)(=O)N1CCC[C@H](C(=O)Nc2ccc[nH]c2=O)C1. The minimum atomic E-state index is -3.29. The highest BCUT2D eigenvalue weighted by atomic mass is 32.2. The summed E-state index contributed by atoms with van der Waals surface area (Å²) in [5.41, 5.74) is -0.203. The number of nitrogens with one attached hydrogen (secondary N) is 2. The molecule has 1 amide bonds. The molecule has 110 valence electrons. The number of rotatable bonds is 3. The number of anilines is 1. The number of H-pyrrole nitrogens is 1. The van der Waals surface area contributed by atoms with Gasteiger partial charge in [-0.15, -0.1) is 0 Å². The van der Waals surface area contributed by atoms with Gasteiger partial charge in [0.25, 0.3) is 5.56 Å². The average Bonchev–Trinajstić information content (AvgIpc) is 2.40. The lowest BCUT2D eigenvalue weighted by Crippen LogP contribution is -2.43. The van der Waals surface area contributed by atoms with Crippen LogP contribution in [0.25, 0.3) is 0 Å². The van der Waals surface area contributed by atoms with Gasteiger partial charge in [-0.25, -0.2) is 12.7 Å². The summed E-state index contributed by atoms with van der Waals surface area (Å²) in [5.74, 6) is -0.756. The normalized spacial score (nSPS) is 20.6. The van der Waals surface area contributed by atoms with Crippen LogP contribution in [0.15, 0.2) is 23.1 Å². The molecule has 1 aromatic heterocycles. The molecule has 0 bridgehead atoms. The highest BCUT2D eigenvalue weighted by Crippen LogP contribution is 2.19. The van der Waals surface area contributed by atoms with Crippen LogP contribution in [-0.4, -0.2) is 43.0 Å². The third-order valence-corrected chi connectivity index (χ3v) is 4.57. The van der Waals surface area contributed by atoms with Crippen LogP contribution in [0.4, 0.5) is 5.69 Å². The van der Waals surface area contributed by atoms with Crippen LogP contribution in [0.1, 0.15) is 12.8 Å². The van der Waals surface area contributed by atoms with Crippen molar-refractivity contribution < 1.29 is 13.2 Å². The fraction of sp³-hybridized carbons (Fsp3) is 0.500. The molecule has 2 rings (SSSR count). The second-order valence-corrected chi connectivity index (χ2v) is 6.84. The molecule has 0 saturated carbocycles. The van der Waals surface area contributed by atoms with E-state index in [0.29, 0.717) is 19.4 Å². The van der Waals surface area contributed by atoms with Crippen LogP contribution in [0, 0.1) is 5.92 Å². The molecule has 1 aliphatic rings. The van der Waals surface area contributed by atoms with E-state index in [1.807, 2.05) is 0 Å². The van der Waals surface area contributed by atoms with Gasteiger partial charge in [0, 0.05) is 19.3 Å². The molecule has 0 unspecified atom stereocenters. The number of pyridine rings is 1. The maximum atomic E-state index is 12.1. The number of hydrogen-bond donors (Lipinski definition) is 2. The number of piperidine rings is 1. The quantitative estimate of drug-likeness (QED) is 0.819. The number of hydrogen-bond acceptors (Lipinski definition) is 4. The molecule has 0 spiro atoms. The van der Waals surface area contributed by atoms with Gasteiger partial charge in [0.05, 0.1) is 12.2 Å². The minimum absolute atomic E-state index is 0.162. The van der Waals surface area contributed by atoms with Crippen molar-refractivity contribution in [1.82, 2.24) is 9.29 Å². The summed E-state index contributed by atoms with van der Waals surface area (Å²) in [7, 11) is -3.29. The van der Waals surface area contributed by atoms with Gasteiger partial charge in [-0.1, -0.05) is 0 Å². The molecule has 1 saturated heterocycles. The van der Waals surface area contributed by atoms with Crippen molar-refractivity contribution in [2.45, 2.75) is 12.8 Å². The van der Waals surface area contributed by atoms with Gasteiger partial charge < -0.3 is 10.3 Å². The maximum absolute atomic E-state index is 12.1. The van der Waals surface area contributed by atoms with Crippen molar-refractivity contribution >= 4 is 21.6 Å². The van der Waals surface area contributed by atoms with Crippen molar-refractivity contribution in [3.63, 3.8) is 0 Å². The standard InChI is InChI=1S/C12H17N3O4S/c1-20(18,19)15-7-3-4-9(8-15)11(16)14-10-5-2-6-13-12(10)17/h2,5-6,9H,3-4,7-8H2,1H3,(H,13,17)(H,14,16)/t9-/m0/s1. The molecule has 7 nitrogen and oxygen atoms in total. The Kier molecular flexibility index (Phi) is 4.24. The number of sulfonamides is 1. The summed E-state index contributed by atoms with van der Waals surface area (Å²) in [6, 6.07) is 3.12. The van der Waals surface area contributed by atoms with Crippen molar-refractivity contribution in [1.29, 1.82) is 0 Å². The van der Waals surface area contributed by atoms with Crippen LogP contribution in [0.3, 0.4) is 0 Å². The van der Waals surface area contributed by atoms with Crippen LogP contribution >= 0.6 is 0 Å². The highest BCUT2D eigenvalue weighted by Gasteiger charge is 2.30. The Morgan fingerprint density at radius 2 is 2.25 bits per heavy atom. The Morgan fingerprint density at radius 1 is 1.50 bits per heavy atom. The summed E-state index contributed by atoms with van der Waals surface area (Å²) in [4.78, 5) is 26.1. The molecule has 8 heteroatoms. The summed E-state index contributed by atoms with van der Waals surface area (Å²) >= 11 is 0. The predicted octanol–water partition coefficient (Wildman–Crippen LogP) is -0.0150. The van der Waals surface area contributed by atoms with Gasteiger partial charge in [0.1, 0.15) is 5.69 Å². The lowest BCUT2D eigenvalue weighted by Gasteiger charge is -2.29. The Hall–Kier alpha value is -1.67. The van der Waals surface area contributed by atoms with Crippen LogP contribution < -0.4 is 10.9 Å². The smallest absolute Gasteiger partial charge is 0.271 e. The lowest BCUT2D eigenvalue weighted by atomic mass is 9.99. The molecule has 2 N–H and O–H groups in total. The first-order valence-electron chi connectivity index (χ1n) is 6.31. The Balaban J connectivity index is 2.06. The first-order valence-corrected chi connectivity index (χ1v) is 8.16. The zero-order valence-corrected chi connectivity index (χ0v) is 11.9. The van der Waals surface area contributed by atoms with Gasteiger partial charge in [0.15, 0.2) is 0 Å². The summed E-state index contributed by atoms with van der Waals surface area (Å²) in [6.07, 6.45) is 3.86. The second kappa shape index (κ2) is 5.76. The second-order valence-electron chi connectivity index (χ2n) is 4.86. The first-order chi connectivity index (χ1) is 9.38. The Morgan fingerprint density at radius 3 is 2.90 bits per heavy atom. The molecule has 20 heavy (non-hydrogen) atoms. The lowest BCUT2D eigenvalue weighted by molar-refractivity contribution is -0.120. The van der Waals surface area contributed by atoms with Crippen molar-refractivity contribution in [3.05, 3.63) is 28.7 Å². The molecule has 1 aromatic rings. The molecule has 2 heterocycles. The van der Waals surface area contributed by atoms with Gasteiger partial charge >= 0.3 is 0 Å². The molecule has 0 aliphatic carbocycles. The molecule has 1 atom stereocenters. The van der Waals surface area contributed by atoms with E-state index >= 15 is 0 Å². The number of amides is 1. The predicted molar refractivity (Wildman–Crippen MR) is 74.8 cm³/mol. The minimum Gasteiger partial charge on any atom is -0.327 e. The van der Waals surface area contributed by atoms with Crippen LogP contribution in [-0.2, 0) is 14.8 Å². The monoisotopic (exact) mass is 299 g/mol. The number of aromatic amines is 1. The van der Waals surface area contributed by atoms with E-state index in [1.54, 1.807) is 6.07 Å². The van der Waals surface area contributed by atoms with E-state index in [0.717, 1.165) is 6.26 Å². The summed E-state index contributed by atoms with van der Waals surface area (Å²) in [5, 5.41) is 2.55. The Labute approximate surface area is 117 Å². The molecule has 0 aromatic carbocycles. The van der Waals surface area contributed by atoms with Gasteiger partial charge in [0.2, 0.25) is 15.9 Å². The van der Waals surface area contributed by atoms with Crippen LogP contribution in [0.2, 0.25) is 0 Å². The summed E-state index contributed by atoms with van der Waals surface area (Å²) < 4.78 is 24.3. The molecule has 1 aliphatic heterocycles. The fourth-order valence-corrected chi connectivity index (χ4v) is 3.12. The van der Waals surface area contributed by atoms with Gasteiger partial charge in [-0.3, -0.25) is 9.59 Å². The van der Waals surface area contributed by atoms with E-state index < -0.39 is 15.9 Å². The van der Waals surface area contributed by atoms with E-state index in [4.69, 9.17) is 0 Å². The number of carbonyl (C=O) groups is 1. The van der Waals surface area contributed by atoms with E-state index in [2.05, 4.69) is 10.3 Å². The highest BCUT2D eigenvalue weighted by molar-refractivity contribution is 7.88. The zero-order valence-electron chi connectivity index (χ0n) is 11.1. The molecular weight excluding hydrogens is 282 g/mol. The molecular formula is C12H17N3O4S. The van der Waals surface area contributed by atoms with Gasteiger partial charge in [-0.2, -0.15) is 0 Å². The number of nitrogens with zero attached hydrogens (tertiary/aromatic N) is 1. The third-order valence-electron chi connectivity index (χ3n) is 3.30. The number of aromatic nitrogens is 1. The van der Waals surface area contributed by atoms with Crippen molar-refractivity contribution in [2.75, 3.05) is 24.7 Å². The van der Waals surface area contributed by atoms with Crippen molar-refractivity contribution in [2.24, 2.45) is 5.92 Å². The van der Waals surface area contributed by atoms with E-state index in [-0.39, 0.29) is 23.7 Å². The van der Waals surface area contributed by atoms with E-state index in [1.165, 1.54) is 16.6 Å². The number of carbonyl (C=O) groups excluding carboxylic acids is 1.